The Bertz CT molecular complexity index is 1450. The molecule has 0 aromatic heterocycles. The monoisotopic (exact) mass is 555 g/mol. The molecule has 41 heavy (non-hydrogen) atoms. The third-order valence-corrected chi connectivity index (χ3v) is 6.34. The summed E-state index contributed by atoms with van der Waals surface area (Å²) in [6, 6.07) is 22.4. The zero-order valence-electron chi connectivity index (χ0n) is 22.5. The second kappa shape index (κ2) is 13.8. The van der Waals surface area contributed by atoms with Gasteiger partial charge in [-0.2, -0.15) is 5.26 Å². The van der Waals surface area contributed by atoms with Crippen LogP contribution in [0.1, 0.15) is 50.8 Å². The Kier molecular flexibility index (Phi) is 9.67. The zero-order valence-corrected chi connectivity index (χ0v) is 22.5. The van der Waals surface area contributed by atoms with Crippen LogP contribution >= 0.6 is 0 Å². The second-order valence-corrected chi connectivity index (χ2v) is 9.23. The van der Waals surface area contributed by atoms with Gasteiger partial charge in [-0.1, -0.05) is 30.3 Å². The lowest BCUT2D eigenvalue weighted by Gasteiger charge is -2.18. The Morgan fingerprint density at radius 2 is 1.78 bits per heavy atom. The number of rotatable bonds is 12. The molecule has 1 unspecified atom stereocenters. The molecule has 0 bridgehead atoms. The van der Waals surface area contributed by atoms with Crippen LogP contribution in [-0.4, -0.2) is 54.5 Å². The molecule has 0 fully saturated rings. The maximum absolute atomic E-state index is 12.9. The molecule has 0 radical (unpaired) electrons. The summed E-state index contributed by atoms with van der Waals surface area (Å²) >= 11 is 0. The highest BCUT2D eigenvalue weighted by Gasteiger charge is 2.29. The summed E-state index contributed by atoms with van der Waals surface area (Å²) in [4.78, 5) is 51.5. The minimum absolute atomic E-state index is 0.107. The molecule has 1 atom stereocenters. The van der Waals surface area contributed by atoms with Gasteiger partial charge in [0.15, 0.2) is 11.9 Å². The van der Waals surface area contributed by atoms with Crippen molar-refractivity contribution in [2.45, 2.75) is 32.6 Å². The smallest absolute Gasteiger partial charge is 0.407 e. The third kappa shape index (κ3) is 7.70. The number of nitrogens with one attached hydrogen (secondary N) is 1. The predicted molar refractivity (Wildman–Crippen MR) is 147 cm³/mol. The molecule has 1 aliphatic heterocycles. The van der Waals surface area contributed by atoms with Crippen molar-refractivity contribution in [3.05, 3.63) is 101 Å². The number of hydrogen-bond acceptors (Lipinski definition) is 8. The van der Waals surface area contributed by atoms with E-state index in [1.807, 2.05) is 30.3 Å². The van der Waals surface area contributed by atoms with Gasteiger partial charge < -0.3 is 24.4 Å². The number of Topliss-reactive ketones (excluding diaryl/α,β-unsaturated/α-hetero) is 1. The van der Waals surface area contributed by atoms with E-state index in [-0.39, 0.29) is 51.0 Å². The highest BCUT2D eigenvalue weighted by Crippen LogP contribution is 2.24. The van der Waals surface area contributed by atoms with Gasteiger partial charge in [0, 0.05) is 30.6 Å². The topological polar surface area (TPSA) is 135 Å². The lowest BCUT2D eigenvalue weighted by Crippen LogP contribution is -2.35. The van der Waals surface area contributed by atoms with Gasteiger partial charge in [0.1, 0.15) is 12.4 Å². The summed E-state index contributed by atoms with van der Waals surface area (Å²) in [5.74, 6) is -0.773. The molecule has 3 aromatic rings. The normalized spacial score (nSPS) is 12.6. The first-order valence-electron chi connectivity index (χ1n) is 13.1. The molecule has 210 valence electrons. The number of alkyl carbamates (subject to hydrolysis) is 1. The first-order chi connectivity index (χ1) is 19.9. The highest BCUT2D eigenvalue weighted by atomic mass is 16.6. The van der Waals surface area contributed by atoms with E-state index < -0.39 is 18.2 Å². The van der Waals surface area contributed by atoms with E-state index in [0.717, 1.165) is 11.1 Å². The average molecular weight is 556 g/mol. The summed E-state index contributed by atoms with van der Waals surface area (Å²) in [5.41, 5.74) is 2.89. The van der Waals surface area contributed by atoms with Crippen molar-refractivity contribution in [1.82, 2.24) is 10.2 Å². The average Bonchev–Trinajstić information content (AvgIpc) is 3.30. The van der Waals surface area contributed by atoms with Gasteiger partial charge in [-0.3, -0.25) is 9.59 Å². The fourth-order valence-electron chi connectivity index (χ4n) is 4.27. The van der Waals surface area contributed by atoms with Gasteiger partial charge in [-0.15, -0.1) is 0 Å². The van der Waals surface area contributed by atoms with E-state index in [2.05, 4.69) is 11.4 Å². The van der Waals surface area contributed by atoms with Crippen LogP contribution in [0.4, 0.5) is 4.79 Å². The maximum Gasteiger partial charge on any atom is 0.407 e. The molecule has 0 saturated heterocycles. The van der Waals surface area contributed by atoms with E-state index in [1.165, 1.54) is 4.90 Å². The molecular formula is C31H29N3O7. The van der Waals surface area contributed by atoms with Crippen LogP contribution in [0.5, 0.6) is 5.75 Å². The Morgan fingerprint density at radius 3 is 2.49 bits per heavy atom. The molecule has 0 aliphatic carbocycles. The van der Waals surface area contributed by atoms with E-state index in [9.17, 15) is 19.2 Å². The van der Waals surface area contributed by atoms with Crippen molar-refractivity contribution in [3.63, 3.8) is 0 Å². The van der Waals surface area contributed by atoms with Gasteiger partial charge in [-0.05, 0) is 60.5 Å². The number of esters is 1. The summed E-state index contributed by atoms with van der Waals surface area (Å²) in [6.45, 7) is 2.21. The zero-order chi connectivity index (χ0) is 29.2. The summed E-state index contributed by atoms with van der Waals surface area (Å²) < 4.78 is 16.1. The molecule has 1 aliphatic rings. The highest BCUT2D eigenvalue weighted by molar-refractivity contribution is 6.04. The van der Waals surface area contributed by atoms with Crippen LogP contribution < -0.4 is 10.1 Å². The number of ketones is 1. The van der Waals surface area contributed by atoms with Crippen molar-refractivity contribution in [2.24, 2.45) is 0 Å². The Labute approximate surface area is 237 Å². The number of nitrogens with zero attached hydrogens (tertiary/aromatic N) is 2. The quantitative estimate of drug-likeness (QED) is 0.262. The number of benzene rings is 3. The Morgan fingerprint density at radius 1 is 1.02 bits per heavy atom. The van der Waals surface area contributed by atoms with Gasteiger partial charge in [0.25, 0.3) is 5.91 Å². The lowest BCUT2D eigenvalue weighted by atomic mass is 10.1. The summed E-state index contributed by atoms with van der Waals surface area (Å²) in [5, 5.41) is 11.7. The number of nitriles is 1. The van der Waals surface area contributed by atoms with E-state index in [0.29, 0.717) is 22.4 Å². The maximum atomic E-state index is 12.9. The Balaban J connectivity index is 1.29. The number of carbonyl (C=O) groups excluding carboxylic acids is 4. The molecule has 1 heterocycles. The molecule has 2 amide bonds. The van der Waals surface area contributed by atoms with Crippen LogP contribution in [0.25, 0.3) is 0 Å². The first kappa shape index (κ1) is 28.8. The summed E-state index contributed by atoms with van der Waals surface area (Å²) in [7, 11) is 0. The molecule has 0 saturated carbocycles. The number of amides is 2. The van der Waals surface area contributed by atoms with Crippen molar-refractivity contribution in [3.8, 4) is 11.8 Å². The van der Waals surface area contributed by atoms with Crippen molar-refractivity contribution in [1.29, 1.82) is 5.26 Å². The lowest BCUT2D eigenvalue weighted by molar-refractivity contribution is -0.151. The molecule has 4 rings (SSSR count). The predicted octanol–water partition coefficient (Wildman–Crippen LogP) is 4.02. The SMILES string of the molecule is CCOC(=O)C(CCNC(=O)OCc1ccccc1)Oc1ccc(C(=O)CN2Cc3cc(C#N)ccc3C2=O)cc1. The number of carbonyl (C=O) groups is 4. The van der Waals surface area contributed by atoms with Crippen molar-refractivity contribution < 1.29 is 33.4 Å². The molecular weight excluding hydrogens is 526 g/mol. The molecule has 3 aromatic carbocycles. The van der Waals surface area contributed by atoms with Gasteiger partial charge >= 0.3 is 12.1 Å². The van der Waals surface area contributed by atoms with E-state index in [4.69, 9.17) is 19.5 Å². The second-order valence-electron chi connectivity index (χ2n) is 9.23. The fourth-order valence-corrected chi connectivity index (χ4v) is 4.27. The minimum atomic E-state index is -0.995. The molecule has 0 spiro atoms. The molecule has 1 N–H and O–H groups in total. The molecule has 10 nitrogen and oxygen atoms in total. The van der Waals surface area contributed by atoms with E-state index >= 15 is 0 Å². The van der Waals surface area contributed by atoms with Crippen LogP contribution in [0.15, 0.2) is 72.8 Å². The van der Waals surface area contributed by atoms with Gasteiger partial charge in [0.05, 0.1) is 24.8 Å². The van der Waals surface area contributed by atoms with Crippen molar-refractivity contribution in [2.75, 3.05) is 19.7 Å². The number of fused-ring (bicyclic) bond motifs is 1. The van der Waals surface area contributed by atoms with Gasteiger partial charge in [0.2, 0.25) is 0 Å². The van der Waals surface area contributed by atoms with Crippen LogP contribution in [0.3, 0.4) is 0 Å². The Hall–Kier alpha value is -5.17. The first-order valence-corrected chi connectivity index (χ1v) is 13.1. The van der Waals surface area contributed by atoms with Crippen LogP contribution in [-0.2, 0) is 27.4 Å². The van der Waals surface area contributed by atoms with Crippen LogP contribution in [0.2, 0.25) is 0 Å². The van der Waals surface area contributed by atoms with Gasteiger partial charge in [-0.25, -0.2) is 9.59 Å². The number of hydrogen-bond donors (Lipinski definition) is 1. The van der Waals surface area contributed by atoms with Crippen LogP contribution in [0, 0.1) is 11.3 Å². The minimum Gasteiger partial charge on any atom is -0.479 e. The number of ether oxygens (including phenoxy) is 3. The fraction of sp³-hybridized carbons (Fsp3) is 0.258. The van der Waals surface area contributed by atoms with Crippen molar-refractivity contribution >= 4 is 23.8 Å². The van der Waals surface area contributed by atoms with E-state index in [1.54, 1.807) is 49.4 Å². The molecule has 10 heteroatoms. The standard InChI is InChI=1S/C31H29N3O7/c1-2-39-30(37)28(14-15-33-31(38)40-20-21-6-4-3-5-7-21)41-25-11-9-23(10-12-25)27(35)19-34-18-24-16-22(17-32)8-13-26(24)29(34)36/h3-13,16,28H,2,14-15,18-20H2,1H3,(H,33,38). The summed E-state index contributed by atoms with van der Waals surface area (Å²) in [6.07, 6.45) is -1.49. The third-order valence-electron chi connectivity index (χ3n) is 6.34. The largest absolute Gasteiger partial charge is 0.479 e.